The summed E-state index contributed by atoms with van der Waals surface area (Å²) in [7, 11) is 0. The molecule has 0 atom stereocenters. The number of hydrogen-bond donors (Lipinski definition) is 1. The zero-order chi connectivity index (χ0) is 10.8. The molecule has 0 radical (unpaired) electrons. The fraction of sp³-hybridized carbons (Fsp3) is 0.0909. The largest absolute Gasteiger partial charge is 0.481 e. The van der Waals surface area contributed by atoms with Crippen LogP contribution in [0.4, 0.5) is 0 Å². The lowest BCUT2D eigenvalue weighted by Crippen LogP contribution is -2.14. The summed E-state index contributed by atoms with van der Waals surface area (Å²) in [6.07, 6.45) is 1.55. The Hall–Kier alpha value is -2.10. The highest BCUT2D eigenvalue weighted by Gasteiger charge is 2.05. The predicted octanol–water partition coefficient (Wildman–Crippen LogP) is 0.927. The zero-order valence-electron chi connectivity index (χ0n) is 7.88. The molecule has 2 aromatic heterocycles. The van der Waals surface area contributed by atoms with Crippen molar-refractivity contribution in [1.82, 2.24) is 4.40 Å². The van der Waals surface area contributed by atoms with E-state index in [1.165, 1.54) is 10.5 Å². The van der Waals surface area contributed by atoms with Gasteiger partial charge in [0.15, 0.2) is 0 Å². The molecule has 0 bridgehead atoms. The molecule has 0 fully saturated rings. The second kappa shape index (κ2) is 3.57. The van der Waals surface area contributed by atoms with Gasteiger partial charge in [-0.1, -0.05) is 12.1 Å². The third-order valence-electron chi connectivity index (χ3n) is 2.20. The van der Waals surface area contributed by atoms with Crippen molar-refractivity contribution in [1.29, 1.82) is 0 Å². The lowest BCUT2D eigenvalue weighted by molar-refractivity contribution is -0.136. The Balaban J connectivity index is 2.71. The van der Waals surface area contributed by atoms with Gasteiger partial charge in [-0.3, -0.25) is 14.0 Å². The molecule has 0 saturated heterocycles. The van der Waals surface area contributed by atoms with Crippen LogP contribution in [-0.2, 0) is 11.2 Å². The number of hydrogen-bond acceptors (Lipinski definition) is 2. The summed E-state index contributed by atoms with van der Waals surface area (Å²) in [5, 5.41) is 8.71. The molecule has 0 unspecified atom stereocenters. The van der Waals surface area contributed by atoms with E-state index in [-0.39, 0.29) is 12.0 Å². The van der Waals surface area contributed by atoms with Gasteiger partial charge < -0.3 is 5.11 Å². The molecule has 0 aromatic carbocycles. The van der Waals surface area contributed by atoms with E-state index >= 15 is 0 Å². The summed E-state index contributed by atoms with van der Waals surface area (Å²) in [5.74, 6) is -0.903. The Morgan fingerprint density at radius 1 is 1.27 bits per heavy atom. The minimum Gasteiger partial charge on any atom is -0.481 e. The topological polar surface area (TPSA) is 58.8 Å². The van der Waals surface area contributed by atoms with Crippen LogP contribution in [0.3, 0.4) is 0 Å². The van der Waals surface area contributed by atoms with Gasteiger partial charge in [-0.05, 0) is 17.7 Å². The van der Waals surface area contributed by atoms with Crippen molar-refractivity contribution in [3.8, 4) is 0 Å². The maximum absolute atomic E-state index is 11.4. The molecule has 0 aliphatic carbocycles. The second-order valence-corrected chi connectivity index (χ2v) is 3.22. The van der Waals surface area contributed by atoms with E-state index in [2.05, 4.69) is 0 Å². The Labute approximate surface area is 85.4 Å². The van der Waals surface area contributed by atoms with Gasteiger partial charge in [0.2, 0.25) is 0 Å². The Kier molecular flexibility index (Phi) is 2.25. The molecule has 4 heteroatoms. The quantitative estimate of drug-likeness (QED) is 0.789. The van der Waals surface area contributed by atoms with E-state index in [1.54, 1.807) is 30.5 Å². The van der Waals surface area contributed by atoms with Gasteiger partial charge in [-0.25, -0.2) is 0 Å². The Bertz CT molecular complexity index is 571. The highest BCUT2D eigenvalue weighted by molar-refractivity contribution is 5.74. The Morgan fingerprint density at radius 2 is 2.07 bits per heavy atom. The molecule has 0 spiro atoms. The van der Waals surface area contributed by atoms with Crippen LogP contribution in [0.2, 0.25) is 0 Å². The van der Waals surface area contributed by atoms with Gasteiger partial charge in [0.25, 0.3) is 5.56 Å². The van der Waals surface area contributed by atoms with E-state index in [1.807, 2.05) is 0 Å². The Morgan fingerprint density at radius 3 is 2.80 bits per heavy atom. The van der Waals surface area contributed by atoms with E-state index in [4.69, 9.17) is 5.11 Å². The molecule has 0 aliphatic rings. The number of fused-ring (bicyclic) bond motifs is 1. The number of aliphatic carboxylic acids is 1. The average molecular weight is 203 g/mol. The summed E-state index contributed by atoms with van der Waals surface area (Å²) in [5.41, 5.74) is 1.13. The van der Waals surface area contributed by atoms with Crippen LogP contribution in [0.5, 0.6) is 0 Å². The standard InChI is InChI=1S/C11H9NO3/c13-10-5-4-8(7-11(14)15)9-3-1-2-6-12(9)10/h1-6H,7H2,(H,14,15). The highest BCUT2D eigenvalue weighted by Crippen LogP contribution is 2.08. The van der Waals surface area contributed by atoms with Gasteiger partial charge in [-0.15, -0.1) is 0 Å². The number of nitrogens with zero attached hydrogens (tertiary/aromatic N) is 1. The van der Waals surface area contributed by atoms with E-state index in [9.17, 15) is 9.59 Å². The number of aromatic nitrogens is 1. The number of carboxylic acid groups (broad SMARTS) is 1. The average Bonchev–Trinajstić information content (AvgIpc) is 2.22. The lowest BCUT2D eigenvalue weighted by Gasteiger charge is -2.04. The number of rotatable bonds is 2. The minimum atomic E-state index is -0.903. The predicted molar refractivity (Wildman–Crippen MR) is 55.0 cm³/mol. The van der Waals surface area contributed by atoms with Crippen molar-refractivity contribution in [2.45, 2.75) is 6.42 Å². The molecule has 76 valence electrons. The fourth-order valence-corrected chi connectivity index (χ4v) is 1.55. The van der Waals surface area contributed by atoms with Crippen LogP contribution in [0.15, 0.2) is 41.3 Å². The van der Waals surface area contributed by atoms with Crippen molar-refractivity contribution in [3.63, 3.8) is 0 Å². The highest BCUT2D eigenvalue weighted by atomic mass is 16.4. The monoisotopic (exact) mass is 203 g/mol. The smallest absolute Gasteiger partial charge is 0.307 e. The molecule has 2 aromatic rings. The van der Waals surface area contributed by atoms with Crippen molar-refractivity contribution < 1.29 is 9.90 Å². The zero-order valence-corrected chi connectivity index (χ0v) is 7.88. The molecule has 4 nitrogen and oxygen atoms in total. The van der Waals surface area contributed by atoms with Crippen LogP contribution in [-0.4, -0.2) is 15.5 Å². The number of carboxylic acids is 1. The van der Waals surface area contributed by atoms with Crippen molar-refractivity contribution in [2.24, 2.45) is 0 Å². The van der Waals surface area contributed by atoms with Crippen molar-refractivity contribution in [2.75, 3.05) is 0 Å². The van der Waals surface area contributed by atoms with Crippen molar-refractivity contribution >= 4 is 11.5 Å². The van der Waals surface area contributed by atoms with Crippen LogP contribution in [0.1, 0.15) is 5.56 Å². The molecule has 1 N–H and O–H groups in total. The summed E-state index contributed by atoms with van der Waals surface area (Å²) in [6.45, 7) is 0. The van der Waals surface area contributed by atoms with Gasteiger partial charge in [0.1, 0.15) is 0 Å². The summed E-state index contributed by atoms with van der Waals surface area (Å²) in [4.78, 5) is 22.0. The van der Waals surface area contributed by atoms with Gasteiger partial charge in [0, 0.05) is 12.3 Å². The maximum Gasteiger partial charge on any atom is 0.307 e. The number of carbonyl (C=O) groups is 1. The molecule has 15 heavy (non-hydrogen) atoms. The van der Waals surface area contributed by atoms with Crippen LogP contribution in [0, 0.1) is 0 Å². The first kappa shape index (κ1) is 9.45. The normalized spacial score (nSPS) is 10.4. The van der Waals surface area contributed by atoms with Crippen LogP contribution < -0.4 is 5.56 Å². The third kappa shape index (κ3) is 1.74. The lowest BCUT2D eigenvalue weighted by atomic mass is 10.1. The molecule has 2 heterocycles. The SMILES string of the molecule is O=C(O)Cc1ccc(=O)n2ccccc12. The summed E-state index contributed by atoms with van der Waals surface area (Å²) in [6, 6.07) is 8.19. The number of pyridine rings is 2. The second-order valence-electron chi connectivity index (χ2n) is 3.22. The first-order valence-electron chi connectivity index (χ1n) is 4.49. The minimum absolute atomic E-state index is 0.0756. The van der Waals surface area contributed by atoms with Crippen molar-refractivity contribution in [3.05, 3.63) is 52.4 Å². The van der Waals surface area contributed by atoms with Gasteiger partial charge in [0.05, 0.1) is 11.9 Å². The summed E-state index contributed by atoms with van der Waals surface area (Å²) >= 11 is 0. The van der Waals surface area contributed by atoms with Gasteiger partial charge >= 0.3 is 5.97 Å². The first-order valence-corrected chi connectivity index (χ1v) is 4.49. The molecule has 2 rings (SSSR count). The maximum atomic E-state index is 11.4. The molecule has 0 amide bonds. The molecular weight excluding hydrogens is 194 g/mol. The molecular formula is C11H9NO3. The van der Waals surface area contributed by atoms with Gasteiger partial charge in [-0.2, -0.15) is 0 Å². The fourth-order valence-electron chi connectivity index (χ4n) is 1.55. The van der Waals surface area contributed by atoms with E-state index in [0.29, 0.717) is 11.1 Å². The summed E-state index contributed by atoms with van der Waals surface area (Å²) < 4.78 is 1.44. The van der Waals surface area contributed by atoms with E-state index < -0.39 is 5.97 Å². The van der Waals surface area contributed by atoms with Crippen LogP contribution >= 0.6 is 0 Å². The molecule has 0 aliphatic heterocycles. The molecule has 0 saturated carbocycles. The van der Waals surface area contributed by atoms with E-state index in [0.717, 1.165) is 0 Å². The van der Waals surface area contributed by atoms with Crippen LogP contribution in [0.25, 0.3) is 5.52 Å². The first-order chi connectivity index (χ1) is 7.18. The third-order valence-corrected chi connectivity index (χ3v) is 2.20.